The van der Waals surface area contributed by atoms with Crippen molar-refractivity contribution in [1.82, 2.24) is 44.9 Å². The van der Waals surface area contributed by atoms with E-state index in [1.165, 1.54) is 0 Å². The van der Waals surface area contributed by atoms with E-state index in [2.05, 4.69) is 47.0 Å². The summed E-state index contributed by atoms with van der Waals surface area (Å²) in [4.78, 5) is 40.0. The van der Waals surface area contributed by atoms with E-state index in [-0.39, 0.29) is 50.9 Å². The molecule has 6 aromatic heterocycles. The van der Waals surface area contributed by atoms with Gasteiger partial charge in [0.15, 0.2) is 52.4 Å². The van der Waals surface area contributed by atoms with E-state index < -0.39 is 298 Å². The highest BCUT2D eigenvalue weighted by Crippen LogP contribution is 2.54. The van der Waals surface area contributed by atoms with Crippen LogP contribution in [0, 0.1) is 0 Å². The average Bonchev–Trinajstić information content (AvgIpc) is 1.56. The molecule has 0 aliphatic rings. The third-order valence-electron chi connectivity index (χ3n) is 23.4. The maximum absolute atomic E-state index is 9.69. The highest BCUT2D eigenvalue weighted by molar-refractivity contribution is 6.43. The number of benzene rings is 23. The van der Waals surface area contributed by atoms with Crippen molar-refractivity contribution in [3.8, 4) is 125 Å². The molecule has 0 spiro atoms. The summed E-state index contributed by atoms with van der Waals surface area (Å²) in [5, 5.41) is 22.2. The summed E-state index contributed by atoms with van der Waals surface area (Å²) in [5.41, 5.74) is 0.302. The van der Waals surface area contributed by atoms with Crippen LogP contribution in [0.3, 0.4) is 0 Å². The SMILES string of the molecule is [2H]c1c([2H])c([2H])c(-c2nc(-c3c([2H])c([2H])c([2H])c([2H])c3[2H])nc(-c3c([2H])c([2H])c([2H])c(-c4cc5ccc6cccc7c8cccc9oc4c(c98)c5c67)c3[2H])n2)c([2H])c1[2H].[2H]c1c([2H])c([2H])c(-c2nc(-c3c([2H])c([2H])c([2H])c([2H])c3[2H])nc(-c3c([2H])c([2H])c([2H])c(-c4ccc5c6cccc7ccc8ccc9oc4c5c9c8c76)c3[2H])n2)c([2H])c1[2H].[2H]c1c([2H])c([2H])c(-c2nc(-c3c([2H])c([2H])c([2H])c([2H])c3[2H])nc(-c3ccc4oc5ccc6ccc7cccc8c3c4c5c6c78)n2)c([2H])c1[2H]. The fourth-order valence-electron chi connectivity index (χ4n) is 18.1. The van der Waals surface area contributed by atoms with Crippen molar-refractivity contribution < 1.29 is 65.3 Å². The van der Waals surface area contributed by atoms with Gasteiger partial charge in [-0.3, -0.25) is 0 Å². The lowest BCUT2D eigenvalue weighted by Gasteiger charge is -2.15. The largest absolute Gasteiger partial charge is 0.456 e. The Morgan fingerprint density at radius 2 is 0.465 bits per heavy atom. The predicted octanol–water partition coefficient (Wildman–Crippen LogP) is 30.7. The van der Waals surface area contributed by atoms with Crippen LogP contribution in [0.25, 0.3) is 288 Å². The Morgan fingerprint density at radius 3 is 0.922 bits per heavy atom. The normalized spacial score (nSPS) is 16.2. The Labute approximate surface area is 788 Å². The van der Waals surface area contributed by atoms with Crippen molar-refractivity contribution in [2.75, 3.05) is 0 Å². The maximum atomic E-state index is 9.69. The van der Waals surface area contributed by atoms with Crippen molar-refractivity contribution in [3.05, 3.63) is 393 Å². The summed E-state index contributed by atoms with van der Waals surface area (Å²) in [6, 6.07) is 27.7. The number of hydrogen-bond donors (Lipinski definition) is 0. The molecule has 0 aliphatic carbocycles. The molecule has 0 fully saturated rings. The van der Waals surface area contributed by atoms with Gasteiger partial charge in [-0.15, -0.1) is 0 Å². The van der Waals surface area contributed by atoms with Crippen LogP contribution in [0.5, 0.6) is 0 Å². The molecule has 23 aromatic carbocycles. The molecular formula is C117H65N9O3. The number of rotatable bonds is 11. The lowest BCUT2D eigenvalue weighted by atomic mass is 9.87. The molecule has 0 unspecified atom stereocenters. The van der Waals surface area contributed by atoms with E-state index >= 15 is 0 Å². The minimum absolute atomic E-state index is 0.00781. The summed E-state index contributed by atoms with van der Waals surface area (Å²) >= 11 is 0. The molecule has 0 aliphatic heterocycles. The summed E-state index contributed by atoms with van der Waals surface area (Å²) in [6.07, 6.45) is 0. The van der Waals surface area contributed by atoms with Crippen LogP contribution < -0.4 is 0 Å². The molecule has 29 rings (SSSR count). The predicted molar refractivity (Wildman–Crippen MR) is 526 cm³/mol. The van der Waals surface area contributed by atoms with Crippen LogP contribution in [0.4, 0.5) is 0 Å². The Bertz CT molecular complexity index is 11600. The fraction of sp³-hybridized carbons (Fsp3) is 0. The molecule has 0 saturated carbocycles. The van der Waals surface area contributed by atoms with Crippen LogP contribution in [-0.4, -0.2) is 44.9 Å². The van der Waals surface area contributed by atoms with Crippen LogP contribution in [-0.2, 0) is 0 Å². The second-order valence-corrected chi connectivity index (χ2v) is 30.3. The topological polar surface area (TPSA) is 155 Å². The van der Waals surface area contributed by atoms with Crippen LogP contribution in [0.15, 0.2) is 407 Å². The zero-order valence-corrected chi connectivity index (χ0v) is 65.8. The number of fused-ring (bicyclic) bond motifs is 3. The van der Waals surface area contributed by atoms with E-state index in [0.717, 1.165) is 129 Å². The first-order valence-corrected chi connectivity index (χ1v) is 40.2. The van der Waals surface area contributed by atoms with Crippen LogP contribution in [0.2, 0.25) is 0 Å². The van der Waals surface area contributed by atoms with Gasteiger partial charge in [0.2, 0.25) is 0 Å². The van der Waals surface area contributed by atoms with Crippen molar-refractivity contribution in [3.63, 3.8) is 0 Å². The third kappa shape index (κ3) is 11.4. The monoisotopic (exact) mass is 1680 g/mol. The molecule has 12 heteroatoms. The molecular weight excluding hydrogens is 1580 g/mol. The minimum Gasteiger partial charge on any atom is -0.456 e. The second-order valence-electron chi connectivity index (χ2n) is 30.3. The molecule has 0 bridgehead atoms. The molecule has 6 heterocycles. The fourth-order valence-corrected chi connectivity index (χ4v) is 18.1. The van der Waals surface area contributed by atoms with Crippen molar-refractivity contribution in [2.24, 2.45) is 0 Å². The Morgan fingerprint density at radius 1 is 0.171 bits per heavy atom. The lowest BCUT2D eigenvalue weighted by molar-refractivity contribution is 0.669. The van der Waals surface area contributed by atoms with Gasteiger partial charge < -0.3 is 13.3 Å². The van der Waals surface area contributed by atoms with Gasteiger partial charge in [0.25, 0.3) is 0 Å². The Balaban J connectivity index is 0.000000120. The first-order chi connectivity index (χ1) is 79.7. The average molecular weight is 1680 g/mol. The molecule has 29 aromatic rings. The first-order valence-electron chi connectivity index (χ1n) is 59.2. The van der Waals surface area contributed by atoms with Crippen molar-refractivity contribution in [1.29, 1.82) is 0 Å². The van der Waals surface area contributed by atoms with Gasteiger partial charge in [-0.1, -0.05) is 339 Å². The smallest absolute Gasteiger partial charge is 0.164 e. The molecule has 0 radical (unpaired) electrons. The van der Waals surface area contributed by atoms with Gasteiger partial charge in [-0.05, 0) is 141 Å². The molecule has 0 atom stereocenters. The van der Waals surface area contributed by atoms with E-state index in [9.17, 15) is 4.11 Å². The van der Waals surface area contributed by atoms with Gasteiger partial charge in [0.05, 0.1) is 52.1 Å². The van der Waals surface area contributed by atoms with Gasteiger partial charge in [-0.2, -0.15) is 0 Å². The van der Waals surface area contributed by atoms with E-state index in [1.807, 2.05) is 127 Å². The van der Waals surface area contributed by atoms with Gasteiger partial charge in [0, 0.05) is 115 Å². The van der Waals surface area contributed by atoms with Crippen molar-refractivity contribution >= 4 is 163 Å². The molecule has 596 valence electrons. The minimum atomic E-state index is -0.730. The Kier molecular flexibility index (Phi) is 9.74. The first kappa shape index (κ1) is 44.1. The summed E-state index contributed by atoms with van der Waals surface area (Å²) in [5.74, 6) is -4.05. The van der Waals surface area contributed by atoms with E-state index in [1.54, 1.807) is 24.3 Å². The lowest BCUT2D eigenvalue weighted by Crippen LogP contribution is -2.00. The van der Waals surface area contributed by atoms with Gasteiger partial charge in [-0.25, -0.2) is 44.9 Å². The zero-order valence-electron chi connectivity index (χ0n) is 104. The summed E-state index contributed by atoms with van der Waals surface area (Å²) in [6.45, 7) is 0. The van der Waals surface area contributed by atoms with Gasteiger partial charge in [0.1, 0.15) is 33.5 Å². The summed E-state index contributed by atoms with van der Waals surface area (Å²) < 4.78 is 345. The quantitative estimate of drug-likeness (QED) is 0.0894. The van der Waals surface area contributed by atoms with Crippen LogP contribution in [0.1, 0.15) is 52.1 Å². The summed E-state index contributed by atoms with van der Waals surface area (Å²) in [7, 11) is 0. The van der Waals surface area contributed by atoms with Crippen LogP contribution >= 0.6 is 0 Å². The standard InChI is InChI=1S/2C41H23N3O.C35H19N3O/c1-3-10-25(11-4-1)39-42-40(26-12-5-2-6-13-26)44-41(43-39)29-16-7-15-27(22-29)32-23-28-21-20-24-14-8-17-30-31-18-9-19-33-36(31)37(38(32)45-33)35(28)34(24)30;1-3-9-26(10-4-1)39-42-40(27-11-5-2-6-12-27)44-41(43-39)29-15-7-14-28(23-29)30-20-21-32-31-16-8-13-24-17-18-25-19-22-33-37(35(25)34(24)31)36(32)38(30)45-33;1-3-8-22(9-4-1)33-36-34(23-10-5-2-6-11-23)38-35(37-33)25-17-19-27-32-30(25)24-13-7-12-20-14-15-21-16-18-26(39-27)31(32)29(21)28(20)24/h2*1-23H;1-19H/i1D,2D,3D,4D,5D,6D,7D,10D,11D,12D,13D,15D,16D,22D;1D,2D,3D,4D,5D,6D,7D,9D,10D,11D,12D,14D,15D,23D;1D,2D,3D,4D,5D,6D,8D,9D,10D,11D. The second kappa shape index (κ2) is 28.5. The number of aromatic nitrogens is 9. The molecule has 129 heavy (non-hydrogen) atoms. The number of hydrogen-bond acceptors (Lipinski definition) is 12. The third-order valence-corrected chi connectivity index (χ3v) is 23.4. The highest BCUT2D eigenvalue weighted by atomic mass is 16.3. The molecule has 0 amide bonds. The molecule has 0 N–H and O–H groups in total. The zero-order chi connectivity index (χ0) is 118. The van der Waals surface area contributed by atoms with Gasteiger partial charge >= 0.3 is 0 Å². The number of furan rings is 3. The molecule has 0 saturated heterocycles. The molecule has 12 nitrogen and oxygen atoms in total. The number of nitrogens with zero attached hydrogens (tertiary/aromatic N) is 9. The van der Waals surface area contributed by atoms with E-state index in [4.69, 9.17) is 71.2 Å². The van der Waals surface area contributed by atoms with E-state index in [0.29, 0.717) is 39.1 Å². The van der Waals surface area contributed by atoms with Crippen molar-refractivity contribution in [2.45, 2.75) is 0 Å². The highest BCUT2D eigenvalue weighted by Gasteiger charge is 2.29. The Hall–Kier alpha value is -17.6. The maximum Gasteiger partial charge on any atom is 0.164 e.